The number of hydrogen-bond donors (Lipinski definition) is 0. The van der Waals surface area contributed by atoms with E-state index in [1.807, 2.05) is 0 Å². The van der Waals surface area contributed by atoms with E-state index in [1.165, 1.54) is 89.9 Å². The zero-order valence-corrected chi connectivity index (χ0v) is 18.1. The Labute approximate surface area is 168 Å². The molecule has 0 aromatic heterocycles. The van der Waals surface area contributed by atoms with Crippen LogP contribution in [0.1, 0.15) is 117 Å². The Morgan fingerprint density at radius 1 is 0.667 bits per heavy atom. The molecule has 0 saturated heterocycles. The van der Waals surface area contributed by atoms with Crippen LogP contribution in [0.3, 0.4) is 0 Å². The number of rotatable bonds is 7. The predicted octanol–water partition coefficient (Wildman–Crippen LogP) is 7.30. The quantitative estimate of drug-likeness (QED) is 0.436. The van der Waals surface area contributed by atoms with Crippen LogP contribution in [-0.4, -0.2) is 12.1 Å². The van der Waals surface area contributed by atoms with Gasteiger partial charge in [-0.15, -0.1) is 0 Å². The van der Waals surface area contributed by atoms with Crippen LogP contribution < -0.4 is 0 Å². The zero-order chi connectivity index (χ0) is 19.1. The van der Waals surface area contributed by atoms with Gasteiger partial charge in [0, 0.05) is 6.92 Å². The smallest absolute Gasteiger partial charge is 0.302 e. The molecule has 0 aromatic rings. The van der Waals surface area contributed by atoms with Crippen molar-refractivity contribution < 1.29 is 9.53 Å². The highest BCUT2D eigenvalue weighted by molar-refractivity contribution is 5.66. The zero-order valence-electron chi connectivity index (χ0n) is 18.1. The fourth-order valence-electron chi connectivity index (χ4n) is 6.55. The molecule has 3 fully saturated rings. The van der Waals surface area contributed by atoms with Gasteiger partial charge in [-0.25, -0.2) is 0 Å². The van der Waals surface area contributed by atoms with Crippen LogP contribution in [0.5, 0.6) is 0 Å². The predicted molar refractivity (Wildman–Crippen MR) is 113 cm³/mol. The molecule has 2 heteroatoms. The van der Waals surface area contributed by atoms with Gasteiger partial charge in [0.05, 0.1) is 0 Å². The summed E-state index contributed by atoms with van der Waals surface area (Å²) in [5.74, 6) is 4.89. The Kier molecular flexibility index (Phi) is 8.52. The fraction of sp³-hybridized carbons (Fsp3) is 0.960. The van der Waals surface area contributed by atoms with E-state index in [4.69, 9.17) is 4.74 Å². The van der Waals surface area contributed by atoms with Gasteiger partial charge in [0.15, 0.2) is 0 Å². The van der Waals surface area contributed by atoms with Crippen LogP contribution in [0.25, 0.3) is 0 Å². The van der Waals surface area contributed by atoms with Crippen molar-refractivity contribution >= 4 is 5.97 Å². The van der Waals surface area contributed by atoms with Crippen molar-refractivity contribution in [1.82, 2.24) is 0 Å². The lowest BCUT2D eigenvalue weighted by Crippen LogP contribution is -2.29. The molecule has 3 saturated carbocycles. The molecule has 2 nitrogen and oxygen atoms in total. The summed E-state index contributed by atoms with van der Waals surface area (Å²) in [4.78, 5) is 11.1. The Morgan fingerprint density at radius 3 is 1.52 bits per heavy atom. The third kappa shape index (κ3) is 6.79. The lowest BCUT2D eigenvalue weighted by Gasteiger charge is -2.38. The molecule has 0 bridgehead atoms. The maximum Gasteiger partial charge on any atom is 0.302 e. The molecule has 0 heterocycles. The molecule has 0 amide bonds. The number of hydrogen-bond acceptors (Lipinski definition) is 2. The average Bonchev–Trinajstić information content (AvgIpc) is 2.68. The van der Waals surface area contributed by atoms with Crippen molar-refractivity contribution in [3.8, 4) is 0 Å². The Bertz CT molecular complexity index is 422. The van der Waals surface area contributed by atoms with Gasteiger partial charge in [-0.1, -0.05) is 71.1 Å². The van der Waals surface area contributed by atoms with Crippen LogP contribution >= 0.6 is 0 Å². The molecule has 3 rings (SSSR count). The first-order valence-electron chi connectivity index (χ1n) is 12.3. The normalized spacial score (nSPS) is 37.7. The first-order chi connectivity index (χ1) is 13.1. The second kappa shape index (κ2) is 10.9. The second-order valence-corrected chi connectivity index (χ2v) is 10.2. The molecule has 0 aliphatic heterocycles. The molecule has 0 aromatic carbocycles. The monoisotopic (exact) mass is 376 g/mol. The minimum atomic E-state index is -0.0993. The van der Waals surface area contributed by atoms with Crippen LogP contribution in [-0.2, 0) is 9.53 Å². The van der Waals surface area contributed by atoms with Gasteiger partial charge in [-0.05, 0) is 68.1 Å². The molecular weight excluding hydrogens is 332 g/mol. The summed E-state index contributed by atoms with van der Waals surface area (Å²) in [6, 6.07) is 0. The Balaban J connectivity index is 1.28. The number of carbonyl (C=O) groups excluding carboxylic acids is 1. The highest BCUT2D eigenvalue weighted by atomic mass is 16.5. The maximum atomic E-state index is 11.1. The molecule has 3 aliphatic rings. The molecule has 0 spiro atoms. The van der Waals surface area contributed by atoms with Gasteiger partial charge in [0.25, 0.3) is 0 Å². The third-order valence-electron chi connectivity index (χ3n) is 8.26. The number of esters is 1. The summed E-state index contributed by atoms with van der Waals surface area (Å²) >= 11 is 0. The van der Waals surface area contributed by atoms with E-state index in [0.717, 1.165) is 42.4 Å². The van der Waals surface area contributed by atoms with Crippen molar-refractivity contribution in [3.63, 3.8) is 0 Å². The maximum absolute atomic E-state index is 11.1. The summed E-state index contributed by atoms with van der Waals surface area (Å²) in [6.45, 7) is 3.89. The van der Waals surface area contributed by atoms with Crippen LogP contribution in [0.2, 0.25) is 0 Å². The highest BCUT2D eigenvalue weighted by Gasteiger charge is 2.32. The molecular formula is C25H44O2. The lowest BCUT2D eigenvalue weighted by molar-refractivity contribution is -0.148. The molecule has 27 heavy (non-hydrogen) atoms. The van der Waals surface area contributed by atoms with Crippen LogP contribution in [0, 0.1) is 29.6 Å². The lowest BCUT2D eigenvalue weighted by atomic mass is 9.69. The Hall–Kier alpha value is -0.530. The topological polar surface area (TPSA) is 26.3 Å². The van der Waals surface area contributed by atoms with Crippen LogP contribution in [0.4, 0.5) is 0 Å². The average molecular weight is 377 g/mol. The van der Waals surface area contributed by atoms with E-state index < -0.39 is 0 Å². The minimum Gasteiger partial charge on any atom is -0.463 e. The van der Waals surface area contributed by atoms with E-state index in [9.17, 15) is 4.79 Å². The van der Waals surface area contributed by atoms with E-state index in [2.05, 4.69) is 6.92 Å². The van der Waals surface area contributed by atoms with Crippen molar-refractivity contribution in [2.75, 3.05) is 0 Å². The van der Waals surface area contributed by atoms with E-state index >= 15 is 0 Å². The molecule has 3 aliphatic carbocycles. The molecule has 156 valence electrons. The third-order valence-corrected chi connectivity index (χ3v) is 8.26. The standard InChI is InChI=1S/C25H44O2/c1-3-4-20-5-7-21(8-6-20)9-10-22-11-13-23(14-12-22)24-15-17-25(18-16-24)27-19(2)26/h20-25H,3-18H2,1-2H3/t20-,21-,22-,23-,24-,25-. The summed E-state index contributed by atoms with van der Waals surface area (Å²) in [6.07, 6.45) is 22.8. The van der Waals surface area contributed by atoms with Gasteiger partial charge in [-0.2, -0.15) is 0 Å². The van der Waals surface area contributed by atoms with Gasteiger partial charge < -0.3 is 4.74 Å². The van der Waals surface area contributed by atoms with Gasteiger partial charge in [0.2, 0.25) is 0 Å². The first-order valence-corrected chi connectivity index (χ1v) is 12.3. The number of ether oxygens (including phenoxy) is 1. The SMILES string of the molecule is CCC[C@H]1CC[C@H](CC[C@H]2CC[C@H]([C@H]3CC[C@H](OC(C)=O)CC3)CC2)CC1. The van der Waals surface area contributed by atoms with Gasteiger partial charge in [0.1, 0.15) is 6.10 Å². The van der Waals surface area contributed by atoms with Crippen LogP contribution in [0.15, 0.2) is 0 Å². The highest BCUT2D eigenvalue weighted by Crippen LogP contribution is 2.42. The summed E-state index contributed by atoms with van der Waals surface area (Å²) in [5.41, 5.74) is 0. The largest absolute Gasteiger partial charge is 0.463 e. The van der Waals surface area contributed by atoms with Gasteiger partial charge in [-0.3, -0.25) is 4.79 Å². The van der Waals surface area contributed by atoms with Crippen molar-refractivity contribution in [2.24, 2.45) is 29.6 Å². The van der Waals surface area contributed by atoms with Crippen molar-refractivity contribution in [3.05, 3.63) is 0 Å². The van der Waals surface area contributed by atoms with Gasteiger partial charge >= 0.3 is 5.97 Å². The Morgan fingerprint density at radius 2 is 1.07 bits per heavy atom. The summed E-state index contributed by atoms with van der Waals surface area (Å²) in [5, 5.41) is 0. The van der Waals surface area contributed by atoms with E-state index in [-0.39, 0.29) is 12.1 Å². The first kappa shape index (κ1) is 21.2. The summed E-state index contributed by atoms with van der Waals surface area (Å²) < 4.78 is 5.41. The molecule has 0 radical (unpaired) electrons. The molecule has 0 unspecified atom stereocenters. The molecule has 0 atom stereocenters. The van der Waals surface area contributed by atoms with Crippen molar-refractivity contribution in [2.45, 2.75) is 123 Å². The van der Waals surface area contributed by atoms with E-state index in [0.29, 0.717) is 0 Å². The van der Waals surface area contributed by atoms with Crippen molar-refractivity contribution in [1.29, 1.82) is 0 Å². The summed E-state index contributed by atoms with van der Waals surface area (Å²) in [7, 11) is 0. The molecule has 0 N–H and O–H groups in total. The fourth-order valence-corrected chi connectivity index (χ4v) is 6.55. The van der Waals surface area contributed by atoms with E-state index in [1.54, 1.807) is 6.92 Å². The minimum absolute atomic E-state index is 0.0993. The second-order valence-electron chi connectivity index (χ2n) is 10.2. The number of carbonyl (C=O) groups is 1.